The largest absolute Gasteiger partial charge is 0.478 e. The molecule has 110 valence electrons. The maximum atomic E-state index is 10.8. The third-order valence-corrected chi connectivity index (χ3v) is 3.04. The monoisotopic (exact) mass is 294 g/mol. The van der Waals surface area contributed by atoms with Crippen LogP contribution in [0, 0.1) is 0 Å². The van der Waals surface area contributed by atoms with Gasteiger partial charge in [0.05, 0.1) is 11.1 Å². The van der Waals surface area contributed by atoms with Gasteiger partial charge in [-0.25, -0.2) is 9.59 Å². The van der Waals surface area contributed by atoms with E-state index in [1.807, 2.05) is 30.3 Å². The zero-order chi connectivity index (χ0) is 15.9. The second-order valence-electron chi connectivity index (χ2n) is 4.50. The lowest BCUT2D eigenvalue weighted by molar-refractivity contribution is 0.0687. The van der Waals surface area contributed by atoms with E-state index in [1.165, 1.54) is 0 Å². The number of fused-ring (bicyclic) bond motifs is 1. The van der Waals surface area contributed by atoms with Gasteiger partial charge in [-0.3, -0.25) is 0 Å². The molecule has 4 heteroatoms. The zero-order valence-electron chi connectivity index (χ0n) is 11.6. The lowest BCUT2D eigenvalue weighted by atomic mass is 10.1. The second kappa shape index (κ2) is 7.04. The van der Waals surface area contributed by atoms with Crippen molar-refractivity contribution in [3.63, 3.8) is 0 Å². The minimum Gasteiger partial charge on any atom is -0.478 e. The van der Waals surface area contributed by atoms with Gasteiger partial charge >= 0.3 is 11.9 Å². The van der Waals surface area contributed by atoms with Crippen LogP contribution in [-0.4, -0.2) is 22.2 Å². The van der Waals surface area contributed by atoms with Gasteiger partial charge in [-0.15, -0.1) is 0 Å². The molecular formula is C18H14O4. The minimum atomic E-state index is -0.879. The molecule has 0 spiro atoms. The van der Waals surface area contributed by atoms with Gasteiger partial charge in [0, 0.05) is 0 Å². The van der Waals surface area contributed by atoms with E-state index in [9.17, 15) is 9.59 Å². The summed E-state index contributed by atoms with van der Waals surface area (Å²) in [5.41, 5.74) is 0.690. The maximum Gasteiger partial charge on any atom is 0.336 e. The van der Waals surface area contributed by atoms with Crippen LogP contribution in [0.15, 0.2) is 72.8 Å². The van der Waals surface area contributed by atoms with Gasteiger partial charge in [0.25, 0.3) is 0 Å². The fourth-order valence-electron chi connectivity index (χ4n) is 1.99. The predicted octanol–water partition coefficient (Wildman–Crippen LogP) is 3.92. The Kier molecular flexibility index (Phi) is 4.88. The summed E-state index contributed by atoms with van der Waals surface area (Å²) in [7, 11) is 0. The Morgan fingerprint density at radius 1 is 0.636 bits per heavy atom. The molecule has 0 bridgehead atoms. The standard InChI is InChI=1S/C11H8O2.C7H6O2/c12-11(13)10-7-3-5-8-4-1-2-6-9(8)10;8-7(9)6-4-2-1-3-5-6/h1-7H,(H,12,13);1-5H,(H,8,9). The Labute approximate surface area is 127 Å². The van der Waals surface area contributed by atoms with Crippen molar-refractivity contribution in [2.45, 2.75) is 0 Å². The predicted molar refractivity (Wildman–Crippen MR) is 84.3 cm³/mol. The van der Waals surface area contributed by atoms with E-state index in [0.717, 1.165) is 10.8 Å². The van der Waals surface area contributed by atoms with E-state index >= 15 is 0 Å². The van der Waals surface area contributed by atoms with Crippen molar-refractivity contribution in [3.8, 4) is 0 Å². The molecule has 0 fully saturated rings. The lowest BCUT2D eigenvalue weighted by Gasteiger charge is -2.00. The van der Waals surface area contributed by atoms with Crippen LogP contribution >= 0.6 is 0 Å². The second-order valence-corrected chi connectivity index (χ2v) is 4.50. The molecule has 0 heterocycles. The molecule has 0 saturated heterocycles. The van der Waals surface area contributed by atoms with Gasteiger partial charge in [0.2, 0.25) is 0 Å². The molecule has 3 aromatic carbocycles. The van der Waals surface area contributed by atoms with Gasteiger partial charge < -0.3 is 10.2 Å². The van der Waals surface area contributed by atoms with Crippen molar-refractivity contribution < 1.29 is 19.8 Å². The fourth-order valence-corrected chi connectivity index (χ4v) is 1.99. The smallest absolute Gasteiger partial charge is 0.336 e. The summed E-state index contributed by atoms with van der Waals surface area (Å²) in [4.78, 5) is 21.0. The molecule has 3 aromatic rings. The van der Waals surface area contributed by atoms with E-state index in [2.05, 4.69) is 0 Å². The molecule has 3 rings (SSSR count). The van der Waals surface area contributed by atoms with Crippen LogP contribution in [0.25, 0.3) is 10.8 Å². The molecule has 2 N–H and O–H groups in total. The number of aromatic carboxylic acids is 2. The molecular weight excluding hydrogens is 280 g/mol. The van der Waals surface area contributed by atoms with Crippen molar-refractivity contribution in [2.75, 3.05) is 0 Å². The Morgan fingerprint density at radius 2 is 1.23 bits per heavy atom. The summed E-state index contributed by atoms with van der Waals surface area (Å²) in [6, 6.07) is 21.0. The van der Waals surface area contributed by atoms with Crippen molar-refractivity contribution >= 4 is 22.7 Å². The number of carboxylic acids is 2. The van der Waals surface area contributed by atoms with Crippen LogP contribution in [0.5, 0.6) is 0 Å². The lowest BCUT2D eigenvalue weighted by Crippen LogP contribution is -1.96. The molecule has 22 heavy (non-hydrogen) atoms. The van der Waals surface area contributed by atoms with Crippen LogP contribution in [0.4, 0.5) is 0 Å². The average Bonchev–Trinajstić information content (AvgIpc) is 2.55. The Balaban J connectivity index is 0.000000172. The number of benzene rings is 3. The topological polar surface area (TPSA) is 74.6 Å². The highest BCUT2D eigenvalue weighted by Crippen LogP contribution is 2.17. The van der Waals surface area contributed by atoms with Gasteiger partial charge in [-0.05, 0) is 29.0 Å². The number of carboxylic acid groups (broad SMARTS) is 2. The summed E-state index contributed by atoms with van der Waals surface area (Å²) in [6.07, 6.45) is 0. The molecule has 0 atom stereocenters. The average molecular weight is 294 g/mol. The summed E-state index contributed by atoms with van der Waals surface area (Å²) < 4.78 is 0. The maximum absolute atomic E-state index is 10.8. The van der Waals surface area contributed by atoms with E-state index in [4.69, 9.17) is 10.2 Å². The molecule has 0 aliphatic rings. The first-order chi connectivity index (χ1) is 10.6. The van der Waals surface area contributed by atoms with Crippen LogP contribution < -0.4 is 0 Å². The van der Waals surface area contributed by atoms with Crippen molar-refractivity contribution in [1.29, 1.82) is 0 Å². The Morgan fingerprint density at radius 3 is 1.82 bits per heavy atom. The van der Waals surface area contributed by atoms with Crippen LogP contribution in [0.1, 0.15) is 20.7 Å². The third kappa shape index (κ3) is 3.70. The van der Waals surface area contributed by atoms with Crippen LogP contribution in [0.2, 0.25) is 0 Å². The molecule has 0 saturated carbocycles. The fraction of sp³-hybridized carbons (Fsp3) is 0. The third-order valence-electron chi connectivity index (χ3n) is 3.04. The first-order valence-electron chi connectivity index (χ1n) is 6.59. The normalized spacial score (nSPS) is 9.64. The molecule has 0 amide bonds. The number of rotatable bonds is 2. The number of hydrogen-bond donors (Lipinski definition) is 2. The summed E-state index contributed by atoms with van der Waals surface area (Å²) >= 11 is 0. The summed E-state index contributed by atoms with van der Waals surface area (Å²) in [6.45, 7) is 0. The first kappa shape index (κ1) is 15.3. The molecule has 4 nitrogen and oxygen atoms in total. The number of carbonyl (C=O) groups is 2. The van der Waals surface area contributed by atoms with E-state index in [0.29, 0.717) is 11.1 Å². The van der Waals surface area contributed by atoms with Gasteiger partial charge in [-0.1, -0.05) is 54.6 Å². The highest BCUT2D eigenvalue weighted by atomic mass is 16.4. The highest BCUT2D eigenvalue weighted by Gasteiger charge is 2.05. The van der Waals surface area contributed by atoms with Crippen molar-refractivity contribution in [2.24, 2.45) is 0 Å². The van der Waals surface area contributed by atoms with Gasteiger partial charge in [0.15, 0.2) is 0 Å². The molecule has 0 aliphatic heterocycles. The Bertz CT molecular complexity index is 789. The van der Waals surface area contributed by atoms with E-state index in [1.54, 1.807) is 42.5 Å². The molecule has 0 unspecified atom stereocenters. The SMILES string of the molecule is O=C(O)c1cccc2ccccc12.O=C(O)c1ccccc1. The minimum absolute atomic E-state index is 0.331. The molecule has 0 aliphatic carbocycles. The summed E-state index contributed by atoms with van der Waals surface area (Å²) in [5.74, 6) is -1.76. The molecule has 0 radical (unpaired) electrons. The first-order valence-corrected chi connectivity index (χ1v) is 6.59. The van der Waals surface area contributed by atoms with Crippen molar-refractivity contribution in [1.82, 2.24) is 0 Å². The Hall–Kier alpha value is -3.14. The quantitative estimate of drug-likeness (QED) is 0.751. The van der Waals surface area contributed by atoms with Gasteiger partial charge in [0.1, 0.15) is 0 Å². The van der Waals surface area contributed by atoms with Crippen molar-refractivity contribution in [3.05, 3.63) is 83.9 Å². The van der Waals surface area contributed by atoms with E-state index < -0.39 is 11.9 Å². The highest BCUT2D eigenvalue weighted by molar-refractivity contribution is 6.03. The zero-order valence-corrected chi connectivity index (χ0v) is 11.6. The summed E-state index contributed by atoms with van der Waals surface area (Å²) in [5, 5.41) is 19.0. The van der Waals surface area contributed by atoms with Gasteiger partial charge in [-0.2, -0.15) is 0 Å². The van der Waals surface area contributed by atoms with Crippen LogP contribution in [0.3, 0.4) is 0 Å². The van der Waals surface area contributed by atoms with Crippen LogP contribution in [-0.2, 0) is 0 Å². The number of hydrogen-bond acceptors (Lipinski definition) is 2. The van der Waals surface area contributed by atoms with E-state index in [-0.39, 0.29) is 0 Å². The molecule has 0 aromatic heterocycles.